The van der Waals surface area contributed by atoms with Gasteiger partial charge in [-0.15, -0.1) is 11.3 Å². The summed E-state index contributed by atoms with van der Waals surface area (Å²) >= 11 is 1.73. The van der Waals surface area contributed by atoms with Gasteiger partial charge < -0.3 is 15.0 Å². The number of fused-ring (bicyclic) bond motifs is 1. The number of rotatable bonds is 7. The monoisotopic (exact) mass is 421 g/mol. The van der Waals surface area contributed by atoms with E-state index in [0.29, 0.717) is 24.5 Å². The molecule has 9 heteroatoms. The maximum atomic E-state index is 12.6. The van der Waals surface area contributed by atoms with Crippen LogP contribution in [-0.2, 0) is 27.8 Å². The quantitative estimate of drug-likeness (QED) is 0.716. The number of methoxy groups -OCH3 is 1. The van der Waals surface area contributed by atoms with Gasteiger partial charge in [-0.1, -0.05) is 0 Å². The van der Waals surface area contributed by atoms with Gasteiger partial charge >= 0.3 is 0 Å². The number of hydrogen-bond donors (Lipinski definition) is 2. The summed E-state index contributed by atoms with van der Waals surface area (Å²) in [6.07, 6.45) is 2.62. The molecule has 0 spiro atoms. The number of hydrogen-bond acceptors (Lipinski definition) is 6. The molecule has 150 valence electrons. The number of nitrogens with one attached hydrogen (secondary N) is 2. The Morgan fingerprint density at radius 3 is 2.89 bits per heavy atom. The van der Waals surface area contributed by atoms with Crippen LogP contribution in [0.4, 0.5) is 5.69 Å². The summed E-state index contributed by atoms with van der Waals surface area (Å²) in [7, 11) is -2.05. The third-order valence-corrected chi connectivity index (χ3v) is 7.51. The van der Waals surface area contributed by atoms with Crippen LogP contribution >= 0.6 is 11.3 Å². The molecule has 2 N–H and O–H groups in total. The van der Waals surface area contributed by atoms with Crippen LogP contribution in [0.2, 0.25) is 0 Å². The molecule has 2 heterocycles. The lowest BCUT2D eigenvalue weighted by atomic mass is 10.1. The maximum Gasteiger partial charge on any atom is 0.242 e. The molecule has 28 heavy (non-hydrogen) atoms. The first-order valence-corrected chi connectivity index (χ1v) is 11.6. The van der Waals surface area contributed by atoms with E-state index in [9.17, 15) is 13.2 Å². The van der Waals surface area contributed by atoms with Gasteiger partial charge in [0.25, 0.3) is 0 Å². The van der Waals surface area contributed by atoms with E-state index >= 15 is 0 Å². The molecule has 1 amide bonds. The predicted molar refractivity (Wildman–Crippen MR) is 108 cm³/mol. The van der Waals surface area contributed by atoms with Crippen LogP contribution in [0.1, 0.15) is 23.3 Å². The summed E-state index contributed by atoms with van der Waals surface area (Å²) < 4.78 is 32.9. The van der Waals surface area contributed by atoms with Crippen molar-refractivity contribution in [3.05, 3.63) is 40.1 Å². The van der Waals surface area contributed by atoms with E-state index in [-0.39, 0.29) is 23.4 Å². The van der Waals surface area contributed by atoms with Gasteiger partial charge in [-0.3, -0.25) is 4.79 Å². The topological polar surface area (TPSA) is 87.7 Å². The Hall–Kier alpha value is -2.10. The van der Waals surface area contributed by atoms with E-state index in [1.807, 2.05) is 4.90 Å². The zero-order valence-corrected chi connectivity index (χ0v) is 17.2. The number of ether oxygens (including phenoxy) is 1. The molecule has 0 saturated heterocycles. The Morgan fingerprint density at radius 1 is 1.32 bits per heavy atom. The highest BCUT2D eigenvalue weighted by molar-refractivity contribution is 7.89. The minimum Gasteiger partial charge on any atom is -0.495 e. The number of anilines is 1. The van der Waals surface area contributed by atoms with Crippen molar-refractivity contribution in [2.75, 3.05) is 25.5 Å². The largest absolute Gasteiger partial charge is 0.495 e. The van der Waals surface area contributed by atoms with E-state index in [1.165, 1.54) is 29.7 Å². The van der Waals surface area contributed by atoms with Crippen molar-refractivity contribution in [1.82, 2.24) is 9.62 Å². The molecule has 4 rings (SSSR count). The molecule has 0 unspecified atom stereocenters. The van der Waals surface area contributed by atoms with Crippen LogP contribution < -0.4 is 14.8 Å². The summed E-state index contributed by atoms with van der Waals surface area (Å²) in [6, 6.07) is 6.74. The molecule has 1 aliphatic carbocycles. The van der Waals surface area contributed by atoms with Crippen molar-refractivity contribution in [3.63, 3.8) is 0 Å². The van der Waals surface area contributed by atoms with E-state index in [4.69, 9.17) is 4.74 Å². The molecule has 1 aromatic heterocycles. The molecule has 0 bridgehead atoms. The Bertz CT molecular complexity index is 983. The molecular formula is C19H23N3O4S2. The smallest absolute Gasteiger partial charge is 0.242 e. The third-order valence-electron chi connectivity index (χ3n) is 4.97. The van der Waals surface area contributed by atoms with Crippen molar-refractivity contribution in [3.8, 4) is 5.75 Å². The summed E-state index contributed by atoms with van der Waals surface area (Å²) in [4.78, 5) is 16.0. The number of carbonyl (C=O) groups excluding carboxylic acids is 1. The van der Waals surface area contributed by atoms with E-state index < -0.39 is 10.0 Å². The first kappa shape index (κ1) is 19.2. The van der Waals surface area contributed by atoms with Crippen molar-refractivity contribution in [2.24, 2.45) is 0 Å². The summed E-state index contributed by atoms with van der Waals surface area (Å²) in [6.45, 7) is 1.40. The molecular weight excluding hydrogens is 398 g/mol. The zero-order valence-electron chi connectivity index (χ0n) is 15.6. The minimum atomic E-state index is -3.57. The van der Waals surface area contributed by atoms with Crippen LogP contribution in [0.25, 0.3) is 0 Å². The first-order chi connectivity index (χ1) is 13.5. The van der Waals surface area contributed by atoms with Gasteiger partial charge in [0.15, 0.2) is 0 Å². The summed E-state index contributed by atoms with van der Waals surface area (Å²) in [5, 5.41) is 5.11. The van der Waals surface area contributed by atoms with Crippen molar-refractivity contribution >= 4 is 33.0 Å². The second-order valence-electron chi connectivity index (χ2n) is 7.05. The second kappa shape index (κ2) is 7.73. The molecule has 0 radical (unpaired) electrons. The highest BCUT2D eigenvalue weighted by atomic mass is 32.2. The molecule has 2 aromatic rings. The van der Waals surface area contributed by atoms with Gasteiger partial charge in [0.05, 0.1) is 24.2 Å². The highest BCUT2D eigenvalue weighted by Gasteiger charge is 2.28. The van der Waals surface area contributed by atoms with Gasteiger partial charge in [0.2, 0.25) is 15.9 Å². The summed E-state index contributed by atoms with van der Waals surface area (Å²) in [5.74, 6) is 0.472. The molecule has 7 nitrogen and oxygen atoms in total. The van der Waals surface area contributed by atoms with Gasteiger partial charge in [0.1, 0.15) is 5.75 Å². The fourth-order valence-corrected chi connectivity index (χ4v) is 5.45. The van der Waals surface area contributed by atoms with Crippen molar-refractivity contribution in [2.45, 2.75) is 36.7 Å². The van der Waals surface area contributed by atoms with E-state index in [2.05, 4.69) is 21.5 Å². The lowest BCUT2D eigenvalue weighted by Crippen LogP contribution is -2.38. The van der Waals surface area contributed by atoms with E-state index in [1.54, 1.807) is 17.4 Å². The number of amides is 1. The fraction of sp³-hybridized carbons (Fsp3) is 0.421. The third kappa shape index (κ3) is 4.16. The van der Waals surface area contributed by atoms with Gasteiger partial charge in [0, 0.05) is 24.0 Å². The summed E-state index contributed by atoms with van der Waals surface area (Å²) in [5.41, 5.74) is 1.70. The lowest BCUT2D eigenvalue weighted by Gasteiger charge is -2.27. The number of nitrogens with zero attached hydrogens (tertiary/aromatic N) is 1. The van der Waals surface area contributed by atoms with Crippen LogP contribution in [0, 0.1) is 0 Å². The van der Waals surface area contributed by atoms with Crippen molar-refractivity contribution in [1.29, 1.82) is 0 Å². The molecule has 1 aliphatic heterocycles. The van der Waals surface area contributed by atoms with Crippen LogP contribution in [0.5, 0.6) is 5.75 Å². The van der Waals surface area contributed by atoms with Gasteiger partial charge in [-0.05, 0) is 54.5 Å². The molecule has 1 aromatic carbocycles. The SMILES string of the molecule is COc1ccc(S(=O)(=O)NC2CC2)cc1NCC(=O)N1CCc2sccc2C1. The Labute approximate surface area is 168 Å². The highest BCUT2D eigenvalue weighted by Crippen LogP contribution is 2.29. The van der Waals surface area contributed by atoms with Crippen LogP contribution in [0.15, 0.2) is 34.5 Å². The molecule has 0 atom stereocenters. The number of benzene rings is 1. The van der Waals surface area contributed by atoms with Crippen molar-refractivity contribution < 1.29 is 17.9 Å². The Morgan fingerprint density at radius 2 is 2.14 bits per heavy atom. The molecule has 2 aliphatic rings. The molecule has 1 saturated carbocycles. The van der Waals surface area contributed by atoms with Gasteiger partial charge in [-0.2, -0.15) is 0 Å². The second-order valence-corrected chi connectivity index (χ2v) is 9.76. The first-order valence-electron chi connectivity index (χ1n) is 9.23. The van der Waals surface area contributed by atoms with E-state index in [0.717, 1.165) is 19.3 Å². The lowest BCUT2D eigenvalue weighted by molar-refractivity contribution is -0.130. The average Bonchev–Trinajstić information content (AvgIpc) is 3.37. The normalized spacial score (nSPS) is 16.5. The molecule has 1 fully saturated rings. The standard InChI is InChI=1S/C19H23N3O4S2/c1-26-17-5-4-15(28(24,25)21-14-2-3-14)10-16(17)20-11-19(23)22-8-6-18-13(12-22)7-9-27-18/h4-5,7,9-10,14,20-21H,2-3,6,8,11-12H2,1H3. The Balaban J connectivity index is 1.44. The number of carbonyl (C=O) groups is 1. The van der Waals surface area contributed by atoms with Crippen LogP contribution in [0.3, 0.4) is 0 Å². The average molecular weight is 422 g/mol. The van der Waals surface area contributed by atoms with Crippen LogP contribution in [-0.4, -0.2) is 45.5 Å². The number of thiophene rings is 1. The fourth-order valence-electron chi connectivity index (χ4n) is 3.23. The zero-order chi connectivity index (χ0) is 19.7. The van der Waals surface area contributed by atoms with Gasteiger partial charge in [-0.25, -0.2) is 13.1 Å². The maximum absolute atomic E-state index is 12.6. The number of sulfonamides is 1. The minimum absolute atomic E-state index is 0.0248. The predicted octanol–water partition coefficient (Wildman–Crippen LogP) is 2.19. The Kier molecular flexibility index (Phi) is 5.31.